The number of nitrogens with one attached hydrogen (secondary N) is 1. The highest BCUT2D eigenvalue weighted by Crippen LogP contribution is 2.19. The molecule has 0 aliphatic carbocycles. The molecule has 3 rings (SSSR count). The minimum atomic E-state index is 0.164. The largest absolute Gasteiger partial charge is 0.489 e. The summed E-state index contributed by atoms with van der Waals surface area (Å²) in [6.07, 6.45) is 1.12. The summed E-state index contributed by atoms with van der Waals surface area (Å²) in [6.45, 7) is 6.73. The van der Waals surface area contributed by atoms with Crippen molar-refractivity contribution in [2.24, 2.45) is 0 Å². The van der Waals surface area contributed by atoms with Gasteiger partial charge in [0.2, 0.25) is 11.9 Å². The van der Waals surface area contributed by atoms with Crippen molar-refractivity contribution in [3.05, 3.63) is 29.3 Å². The Morgan fingerprint density at radius 3 is 2.54 bits per heavy atom. The lowest BCUT2D eigenvalue weighted by molar-refractivity contribution is 0.124. The molecule has 0 radical (unpaired) electrons. The molecule has 1 unspecified atom stereocenters. The number of rotatable bonds is 6. The number of benzene rings is 1. The third-order valence-corrected chi connectivity index (χ3v) is 4.43. The van der Waals surface area contributed by atoms with Crippen molar-refractivity contribution in [1.29, 1.82) is 0 Å². The molecule has 1 atom stereocenters. The maximum atomic E-state index is 6.08. The van der Waals surface area contributed by atoms with Crippen LogP contribution in [0.2, 0.25) is 5.02 Å². The summed E-state index contributed by atoms with van der Waals surface area (Å²) in [5.41, 5.74) is 5.59. The number of piperazine rings is 1. The summed E-state index contributed by atoms with van der Waals surface area (Å²) in [5.74, 6) is 1.90. The van der Waals surface area contributed by atoms with E-state index in [1.165, 1.54) is 0 Å². The molecule has 2 heterocycles. The standard InChI is InChI=1S/C16H23ClN6O/c1-2-13(24-14-5-3-12(17)4-6-14)11-22-7-9-23(10-8-22)16-19-15(18)20-21-16/h3-6,13H,2,7-11H2,1H3,(H3,18,19,20,21). The van der Waals surface area contributed by atoms with E-state index in [1.807, 2.05) is 24.3 Å². The van der Waals surface area contributed by atoms with Crippen molar-refractivity contribution in [3.8, 4) is 5.75 Å². The molecule has 2 aromatic rings. The van der Waals surface area contributed by atoms with Crippen LogP contribution in [0.25, 0.3) is 0 Å². The molecule has 1 aliphatic heterocycles. The fourth-order valence-electron chi connectivity index (χ4n) is 2.78. The summed E-state index contributed by atoms with van der Waals surface area (Å²) in [4.78, 5) is 8.74. The number of H-pyrrole nitrogens is 1. The first-order valence-electron chi connectivity index (χ1n) is 8.21. The second kappa shape index (κ2) is 7.72. The smallest absolute Gasteiger partial charge is 0.246 e. The van der Waals surface area contributed by atoms with Gasteiger partial charge in [0.05, 0.1) is 0 Å². The Labute approximate surface area is 146 Å². The lowest BCUT2D eigenvalue weighted by Gasteiger charge is -2.35. The van der Waals surface area contributed by atoms with E-state index in [0.717, 1.165) is 49.9 Å². The highest BCUT2D eigenvalue weighted by atomic mass is 35.5. The minimum absolute atomic E-state index is 0.164. The number of nitrogens with zero attached hydrogens (tertiary/aromatic N) is 4. The maximum absolute atomic E-state index is 6.08. The van der Waals surface area contributed by atoms with Gasteiger partial charge in [0.15, 0.2) is 0 Å². The summed E-state index contributed by atoms with van der Waals surface area (Å²) >= 11 is 5.91. The molecule has 7 nitrogen and oxygen atoms in total. The monoisotopic (exact) mass is 350 g/mol. The van der Waals surface area contributed by atoms with Crippen LogP contribution < -0.4 is 15.4 Å². The maximum Gasteiger partial charge on any atom is 0.246 e. The summed E-state index contributed by atoms with van der Waals surface area (Å²) in [7, 11) is 0. The number of aromatic amines is 1. The van der Waals surface area contributed by atoms with E-state index in [4.69, 9.17) is 22.1 Å². The first-order chi connectivity index (χ1) is 11.6. The first kappa shape index (κ1) is 16.9. The van der Waals surface area contributed by atoms with Gasteiger partial charge < -0.3 is 15.4 Å². The molecule has 1 aliphatic rings. The zero-order valence-corrected chi connectivity index (χ0v) is 14.5. The van der Waals surface area contributed by atoms with Gasteiger partial charge in [-0.15, -0.1) is 5.10 Å². The number of hydrogen-bond donors (Lipinski definition) is 2. The van der Waals surface area contributed by atoms with E-state index < -0.39 is 0 Å². The van der Waals surface area contributed by atoms with Crippen molar-refractivity contribution in [3.63, 3.8) is 0 Å². The van der Waals surface area contributed by atoms with Gasteiger partial charge in [0.25, 0.3) is 0 Å². The molecule has 1 saturated heterocycles. The number of anilines is 2. The lowest BCUT2D eigenvalue weighted by Crippen LogP contribution is -2.49. The van der Waals surface area contributed by atoms with Gasteiger partial charge in [-0.2, -0.15) is 4.98 Å². The molecule has 1 fully saturated rings. The van der Waals surface area contributed by atoms with Crippen LogP contribution in [0.1, 0.15) is 13.3 Å². The van der Waals surface area contributed by atoms with E-state index in [9.17, 15) is 0 Å². The number of hydrogen-bond acceptors (Lipinski definition) is 6. The lowest BCUT2D eigenvalue weighted by atomic mass is 10.2. The van der Waals surface area contributed by atoms with Crippen molar-refractivity contribution in [2.75, 3.05) is 43.4 Å². The first-order valence-corrected chi connectivity index (χ1v) is 8.59. The molecule has 24 heavy (non-hydrogen) atoms. The molecule has 3 N–H and O–H groups in total. The molecular weight excluding hydrogens is 328 g/mol. The molecule has 1 aromatic heterocycles. The molecule has 1 aromatic carbocycles. The molecule has 8 heteroatoms. The Kier molecular flexibility index (Phi) is 5.42. The van der Waals surface area contributed by atoms with Gasteiger partial charge in [-0.25, -0.2) is 5.10 Å². The number of halogens is 1. The second-order valence-corrected chi connectivity index (χ2v) is 6.35. The van der Waals surface area contributed by atoms with Crippen LogP contribution in [0.3, 0.4) is 0 Å². The van der Waals surface area contributed by atoms with Crippen LogP contribution in [0, 0.1) is 0 Å². The third-order valence-electron chi connectivity index (χ3n) is 4.18. The van der Waals surface area contributed by atoms with Gasteiger partial charge >= 0.3 is 0 Å². The fraction of sp³-hybridized carbons (Fsp3) is 0.500. The summed E-state index contributed by atoms with van der Waals surface area (Å²) in [6, 6.07) is 7.53. The molecule has 130 valence electrons. The van der Waals surface area contributed by atoms with E-state index in [-0.39, 0.29) is 6.10 Å². The Morgan fingerprint density at radius 1 is 1.25 bits per heavy atom. The summed E-state index contributed by atoms with van der Waals surface area (Å²) < 4.78 is 6.08. The second-order valence-electron chi connectivity index (χ2n) is 5.91. The van der Waals surface area contributed by atoms with E-state index >= 15 is 0 Å². The van der Waals surface area contributed by atoms with Crippen LogP contribution in [0.4, 0.5) is 11.9 Å². The van der Waals surface area contributed by atoms with Gasteiger partial charge in [-0.05, 0) is 30.7 Å². The average molecular weight is 351 g/mol. The van der Waals surface area contributed by atoms with Crippen LogP contribution in [-0.2, 0) is 0 Å². The van der Waals surface area contributed by atoms with Gasteiger partial charge in [-0.3, -0.25) is 4.90 Å². The van der Waals surface area contributed by atoms with Crippen LogP contribution in [-0.4, -0.2) is 58.9 Å². The predicted molar refractivity (Wildman–Crippen MR) is 95.6 cm³/mol. The topological polar surface area (TPSA) is 83.3 Å². The average Bonchev–Trinajstić information content (AvgIpc) is 3.03. The van der Waals surface area contributed by atoms with Crippen molar-refractivity contribution in [2.45, 2.75) is 19.4 Å². The minimum Gasteiger partial charge on any atom is -0.489 e. The molecular formula is C16H23ClN6O. The Hall–Kier alpha value is -1.99. The number of aromatic nitrogens is 3. The summed E-state index contributed by atoms with van der Waals surface area (Å²) in [5, 5.41) is 7.52. The third kappa shape index (κ3) is 4.30. The van der Waals surface area contributed by atoms with Crippen molar-refractivity contribution < 1.29 is 4.74 Å². The normalized spacial score (nSPS) is 17.0. The van der Waals surface area contributed by atoms with Crippen LogP contribution >= 0.6 is 11.6 Å². The molecule has 0 saturated carbocycles. The van der Waals surface area contributed by atoms with Gasteiger partial charge in [0, 0.05) is 37.7 Å². The number of nitrogens with two attached hydrogens (primary N) is 1. The van der Waals surface area contributed by atoms with Crippen molar-refractivity contribution in [1.82, 2.24) is 20.1 Å². The van der Waals surface area contributed by atoms with Crippen LogP contribution in [0.5, 0.6) is 5.75 Å². The number of nitrogen functional groups attached to an aromatic ring is 1. The van der Waals surface area contributed by atoms with Gasteiger partial charge in [0.1, 0.15) is 11.9 Å². The Morgan fingerprint density at radius 2 is 1.96 bits per heavy atom. The zero-order valence-electron chi connectivity index (χ0n) is 13.8. The molecule has 0 bridgehead atoms. The molecule has 0 spiro atoms. The predicted octanol–water partition coefficient (Wildman–Crippen LogP) is 2.02. The zero-order chi connectivity index (χ0) is 16.9. The van der Waals surface area contributed by atoms with Crippen molar-refractivity contribution >= 4 is 23.5 Å². The highest BCUT2D eigenvalue weighted by molar-refractivity contribution is 6.30. The van der Waals surface area contributed by atoms with E-state index in [2.05, 4.69) is 31.9 Å². The Bertz CT molecular complexity index is 638. The molecule has 0 amide bonds. The number of ether oxygens (including phenoxy) is 1. The van der Waals surface area contributed by atoms with Gasteiger partial charge in [-0.1, -0.05) is 18.5 Å². The Balaban J connectivity index is 1.49. The van der Waals surface area contributed by atoms with E-state index in [0.29, 0.717) is 11.9 Å². The van der Waals surface area contributed by atoms with Crippen LogP contribution in [0.15, 0.2) is 24.3 Å². The SMILES string of the molecule is CCC(CN1CCN(c2n[nH]c(N)n2)CC1)Oc1ccc(Cl)cc1. The fourth-order valence-corrected chi connectivity index (χ4v) is 2.91. The highest BCUT2D eigenvalue weighted by Gasteiger charge is 2.22. The quantitative estimate of drug-likeness (QED) is 0.829. The van der Waals surface area contributed by atoms with E-state index in [1.54, 1.807) is 0 Å².